The molecule has 0 bridgehead atoms. The van der Waals surface area contributed by atoms with Crippen LogP contribution in [0.1, 0.15) is 319 Å². The number of carbonyl (C=O) groups is 4. The van der Waals surface area contributed by atoms with Gasteiger partial charge in [-0.3, -0.25) is 37.3 Å². The van der Waals surface area contributed by atoms with Crippen molar-refractivity contribution in [3.63, 3.8) is 0 Å². The lowest BCUT2D eigenvalue weighted by Gasteiger charge is -2.21. The molecular weight excluding hydrogens is 1130 g/mol. The van der Waals surface area contributed by atoms with Gasteiger partial charge >= 0.3 is 39.5 Å². The second kappa shape index (κ2) is 56.1. The third-order valence-corrected chi connectivity index (χ3v) is 18.1. The molecule has 19 heteroatoms. The maximum atomic E-state index is 13.0. The molecule has 3 N–H and O–H groups in total. The number of hydrogen-bond acceptors (Lipinski definition) is 15. The lowest BCUT2D eigenvalue weighted by molar-refractivity contribution is -0.161. The number of unbranched alkanes of at least 4 members (excludes halogenated alkanes) is 26. The van der Waals surface area contributed by atoms with Gasteiger partial charge in [0.15, 0.2) is 12.2 Å². The van der Waals surface area contributed by atoms with Crippen molar-refractivity contribution in [1.82, 2.24) is 0 Å². The molecule has 8 atom stereocenters. The average molecular weight is 1260 g/mol. The molecule has 0 rings (SSSR count). The topological polar surface area (TPSA) is 237 Å². The summed E-state index contributed by atoms with van der Waals surface area (Å²) < 4.78 is 68.1. The van der Waals surface area contributed by atoms with Gasteiger partial charge in [-0.05, 0) is 49.4 Å². The van der Waals surface area contributed by atoms with Crippen LogP contribution in [0.2, 0.25) is 0 Å². The molecule has 0 aliphatic heterocycles. The van der Waals surface area contributed by atoms with Crippen LogP contribution in [-0.4, -0.2) is 96.7 Å². The van der Waals surface area contributed by atoms with Crippen LogP contribution in [0, 0.1) is 23.7 Å². The van der Waals surface area contributed by atoms with E-state index in [1.165, 1.54) is 116 Å². The maximum absolute atomic E-state index is 13.0. The number of ether oxygens (including phenoxy) is 4. The van der Waals surface area contributed by atoms with Gasteiger partial charge in [-0.2, -0.15) is 0 Å². The Morgan fingerprint density at radius 3 is 0.835 bits per heavy atom. The van der Waals surface area contributed by atoms with Crippen molar-refractivity contribution >= 4 is 39.5 Å². The average Bonchev–Trinajstić information content (AvgIpc) is 3.51. The predicted octanol–water partition coefficient (Wildman–Crippen LogP) is 18.1. The molecule has 0 aromatic rings. The normalized spacial score (nSPS) is 15.3. The molecule has 5 unspecified atom stereocenters. The van der Waals surface area contributed by atoms with Gasteiger partial charge in [-0.15, -0.1) is 0 Å². The van der Waals surface area contributed by atoms with Crippen molar-refractivity contribution in [2.45, 2.75) is 337 Å². The molecule has 0 saturated heterocycles. The van der Waals surface area contributed by atoms with Crippen LogP contribution in [0.5, 0.6) is 0 Å². The number of aliphatic hydroxyl groups is 1. The minimum Gasteiger partial charge on any atom is -0.462 e. The number of phosphoric ester groups is 2. The van der Waals surface area contributed by atoms with E-state index >= 15 is 0 Å². The van der Waals surface area contributed by atoms with Gasteiger partial charge in [-0.25, -0.2) is 9.13 Å². The fourth-order valence-electron chi connectivity index (χ4n) is 9.69. The Morgan fingerprint density at radius 1 is 0.329 bits per heavy atom. The third-order valence-electron chi connectivity index (χ3n) is 16.2. The molecule has 504 valence electrons. The fourth-order valence-corrected chi connectivity index (χ4v) is 11.3. The maximum Gasteiger partial charge on any atom is 0.472 e. The lowest BCUT2D eigenvalue weighted by atomic mass is 9.99. The van der Waals surface area contributed by atoms with Gasteiger partial charge < -0.3 is 33.8 Å². The lowest BCUT2D eigenvalue weighted by Crippen LogP contribution is -2.30. The number of carbonyl (C=O) groups excluding carboxylic acids is 4. The van der Waals surface area contributed by atoms with Crippen LogP contribution in [0.3, 0.4) is 0 Å². The van der Waals surface area contributed by atoms with Gasteiger partial charge in [-0.1, -0.05) is 267 Å². The first-order chi connectivity index (χ1) is 40.7. The van der Waals surface area contributed by atoms with Crippen molar-refractivity contribution in [2.75, 3.05) is 39.6 Å². The zero-order chi connectivity index (χ0) is 63.2. The van der Waals surface area contributed by atoms with E-state index in [9.17, 15) is 43.2 Å². The van der Waals surface area contributed by atoms with Gasteiger partial charge in [0.05, 0.1) is 26.4 Å². The summed E-state index contributed by atoms with van der Waals surface area (Å²) in [7, 11) is -9.90. The second-order valence-corrected chi connectivity index (χ2v) is 28.0. The van der Waals surface area contributed by atoms with E-state index < -0.39 is 97.5 Å². The highest BCUT2D eigenvalue weighted by molar-refractivity contribution is 7.47. The summed E-state index contributed by atoms with van der Waals surface area (Å²) in [5.41, 5.74) is 0. The summed E-state index contributed by atoms with van der Waals surface area (Å²) in [6.45, 7) is 14.0. The van der Waals surface area contributed by atoms with Gasteiger partial charge in [0.1, 0.15) is 19.3 Å². The first-order valence-electron chi connectivity index (χ1n) is 34.3. The molecule has 0 aliphatic rings. The van der Waals surface area contributed by atoms with Crippen LogP contribution in [-0.2, 0) is 65.4 Å². The Kier molecular flexibility index (Phi) is 54.8. The quantitative estimate of drug-likeness (QED) is 0.0222. The zero-order valence-corrected chi connectivity index (χ0v) is 57.0. The number of phosphoric acid groups is 2. The monoisotopic (exact) mass is 1250 g/mol. The van der Waals surface area contributed by atoms with Gasteiger partial charge in [0.2, 0.25) is 0 Å². The molecule has 85 heavy (non-hydrogen) atoms. The molecule has 0 spiro atoms. The van der Waals surface area contributed by atoms with E-state index in [1.54, 1.807) is 0 Å². The highest BCUT2D eigenvalue weighted by Crippen LogP contribution is 2.45. The van der Waals surface area contributed by atoms with E-state index in [2.05, 4.69) is 55.4 Å². The number of aliphatic hydroxyl groups excluding tert-OH is 1. The molecule has 0 fully saturated rings. The number of esters is 4. The van der Waals surface area contributed by atoms with Crippen molar-refractivity contribution in [1.29, 1.82) is 0 Å². The molecule has 0 radical (unpaired) electrons. The summed E-state index contributed by atoms with van der Waals surface area (Å²) in [5, 5.41) is 10.6. The smallest absolute Gasteiger partial charge is 0.462 e. The molecule has 0 amide bonds. The highest BCUT2D eigenvalue weighted by Gasteiger charge is 2.30. The molecule has 0 saturated carbocycles. The largest absolute Gasteiger partial charge is 0.472 e. The Bertz CT molecular complexity index is 1700. The van der Waals surface area contributed by atoms with Crippen molar-refractivity contribution < 1.29 is 80.2 Å². The van der Waals surface area contributed by atoms with E-state index in [0.29, 0.717) is 25.7 Å². The van der Waals surface area contributed by atoms with E-state index in [4.69, 9.17) is 37.0 Å². The predicted molar refractivity (Wildman–Crippen MR) is 340 cm³/mol. The SMILES string of the molecule is CCC(C)CCCCCCCCCCC(=O)OC[C@H](COP(=O)(O)OC[C@@H](O)COP(=O)(O)OC[C@@H](COC(=O)CCCCCCCCC(C)CC)OC(=O)CCCCCCCCC(C)CC)OC(=O)CCCCCCCCCCCCC(C)C. The highest BCUT2D eigenvalue weighted by atomic mass is 31.2. The Labute approximate surface area is 517 Å². The molecule has 17 nitrogen and oxygen atoms in total. The fraction of sp³-hybridized carbons (Fsp3) is 0.939. The summed E-state index contributed by atoms with van der Waals surface area (Å²) in [6.07, 6.45) is 36.2. The van der Waals surface area contributed by atoms with E-state index in [-0.39, 0.29) is 25.7 Å². The molecule has 0 aromatic carbocycles. The van der Waals surface area contributed by atoms with Crippen molar-refractivity contribution in [2.24, 2.45) is 23.7 Å². The van der Waals surface area contributed by atoms with E-state index in [0.717, 1.165) is 120 Å². The third kappa shape index (κ3) is 57.0. The summed E-state index contributed by atoms with van der Waals surface area (Å²) in [5.74, 6) is 0.842. The molecule has 0 aromatic heterocycles. The van der Waals surface area contributed by atoms with Gasteiger partial charge in [0, 0.05) is 25.7 Å². The van der Waals surface area contributed by atoms with Crippen LogP contribution >= 0.6 is 15.6 Å². The molecule has 0 heterocycles. The standard InChI is InChI=1S/C66H128O17P2/c1-9-57(6)43-35-27-19-16-17-20-30-38-46-63(68)76-52-61(82-65(70)48-40-32-21-15-13-12-14-18-26-34-42-56(4)5)54-80-84(72,73)78-50-60(67)51-79-85(74,75)81-55-62(83-66(71)49-41-33-25-23-29-37-45-59(8)11-3)53-77-64(69)47-39-31-24-22-28-36-44-58(7)10-2/h56-62,67H,9-55H2,1-8H3,(H,72,73)(H,74,75)/t57?,58?,59?,60-,61-,62-/m1/s1. The molecular formula is C66H128O17P2. The Balaban J connectivity index is 5.27. The first kappa shape index (κ1) is 83.1. The summed E-state index contributed by atoms with van der Waals surface area (Å²) in [6, 6.07) is 0. The summed E-state index contributed by atoms with van der Waals surface area (Å²) >= 11 is 0. The summed E-state index contributed by atoms with van der Waals surface area (Å²) in [4.78, 5) is 72.3. The number of rotatable bonds is 63. The van der Waals surface area contributed by atoms with Gasteiger partial charge in [0.25, 0.3) is 0 Å². The minimum atomic E-state index is -4.95. The van der Waals surface area contributed by atoms with E-state index in [1.807, 2.05) is 0 Å². The van der Waals surface area contributed by atoms with Crippen molar-refractivity contribution in [3.8, 4) is 0 Å². The Hall–Kier alpha value is -1.94. The zero-order valence-electron chi connectivity index (χ0n) is 55.2. The Morgan fingerprint density at radius 2 is 0.565 bits per heavy atom. The van der Waals surface area contributed by atoms with Crippen LogP contribution in [0.15, 0.2) is 0 Å². The van der Waals surface area contributed by atoms with Crippen LogP contribution < -0.4 is 0 Å². The second-order valence-electron chi connectivity index (χ2n) is 25.1. The van der Waals surface area contributed by atoms with Crippen LogP contribution in [0.4, 0.5) is 0 Å². The first-order valence-corrected chi connectivity index (χ1v) is 37.3. The van der Waals surface area contributed by atoms with Crippen molar-refractivity contribution in [3.05, 3.63) is 0 Å². The van der Waals surface area contributed by atoms with Crippen LogP contribution in [0.25, 0.3) is 0 Å². The number of hydrogen-bond donors (Lipinski definition) is 3. The molecule has 0 aliphatic carbocycles. The minimum absolute atomic E-state index is 0.101.